The second-order valence-corrected chi connectivity index (χ2v) is 5.52. The third kappa shape index (κ3) is 7.28. The summed E-state index contributed by atoms with van der Waals surface area (Å²) in [6.07, 6.45) is 1.61. The average molecular weight is 228 g/mol. The van der Waals surface area contributed by atoms with Gasteiger partial charge in [-0.05, 0) is 12.3 Å². The van der Waals surface area contributed by atoms with Crippen molar-refractivity contribution < 1.29 is 8.42 Å². The molecule has 0 saturated carbocycles. The summed E-state index contributed by atoms with van der Waals surface area (Å²) >= 11 is 5.55. The molecule has 80 valence electrons. The van der Waals surface area contributed by atoms with E-state index in [0.29, 0.717) is 18.8 Å². The monoisotopic (exact) mass is 227 g/mol. The maximum absolute atomic E-state index is 11.3. The van der Waals surface area contributed by atoms with Crippen LogP contribution in [0.15, 0.2) is 0 Å². The van der Waals surface area contributed by atoms with Crippen molar-refractivity contribution in [3.05, 3.63) is 0 Å². The molecule has 1 N–H and O–H groups in total. The van der Waals surface area contributed by atoms with Crippen LogP contribution in [0.1, 0.15) is 26.7 Å². The van der Waals surface area contributed by atoms with Crippen molar-refractivity contribution >= 4 is 21.6 Å². The maximum atomic E-state index is 11.3. The minimum Gasteiger partial charge on any atom is -0.215 e. The fourth-order valence-electron chi connectivity index (χ4n) is 0.730. The van der Waals surface area contributed by atoms with E-state index in [4.69, 9.17) is 11.6 Å². The Morgan fingerprint density at radius 2 is 2.08 bits per heavy atom. The first-order valence-electron chi connectivity index (χ1n) is 4.55. The molecule has 1 unspecified atom stereocenters. The van der Waals surface area contributed by atoms with E-state index in [0.717, 1.165) is 6.42 Å². The fraction of sp³-hybridized carbons (Fsp3) is 1.00. The van der Waals surface area contributed by atoms with Crippen molar-refractivity contribution in [3.63, 3.8) is 0 Å². The summed E-state index contributed by atoms with van der Waals surface area (Å²) in [6, 6.07) is 0. The zero-order valence-electron chi connectivity index (χ0n) is 8.22. The van der Waals surface area contributed by atoms with Crippen LogP contribution < -0.4 is 4.72 Å². The highest BCUT2D eigenvalue weighted by Gasteiger charge is 2.10. The van der Waals surface area contributed by atoms with Gasteiger partial charge in [0.2, 0.25) is 10.0 Å². The van der Waals surface area contributed by atoms with Crippen LogP contribution >= 0.6 is 11.6 Å². The van der Waals surface area contributed by atoms with Gasteiger partial charge in [-0.3, -0.25) is 0 Å². The van der Waals surface area contributed by atoms with Crippen molar-refractivity contribution in [2.24, 2.45) is 5.92 Å². The topological polar surface area (TPSA) is 46.2 Å². The second-order valence-electron chi connectivity index (χ2n) is 3.28. The smallest absolute Gasteiger partial charge is 0.211 e. The molecule has 3 nitrogen and oxygen atoms in total. The van der Waals surface area contributed by atoms with Gasteiger partial charge in [0, 0.05) is 12.4 Å². The highest BCUT2D eigenvalue weighted by Crippen LogP contribution is 1.98. The van der Waals surface area contributed by atoms with E-state index in [-0.39, 0.29) is 11.7 Å². The van der Waals surface area contributed by atoms with E-state index in [1.165, 1.54) is 0 Å². The quantitative estimate of drug-likeness (QED) is 0.672. The van der Waals surface area contributed by atoms with E-state index < -0.39 is 10.0 Å². The summed E-state index contributed by atoms with van der Waals surface area (Å²) in [6.45, 7) is 4.32. The molecular formula is C8H18ClNO2S. The molecule has 0 aromatic heterocycles. The molecule has 0 fully saturated rings. The number of halogens is 1. The number of rotatable bonds is 7. The minimum atomic E-state index is -3.06. The first-order chi connectivity index (χ1) is 6.02. The van der Waals surface area contributed by atoms with Crippen molar-refractivity contribution in [1.82, 2.24) is 4.72 Å². The number of alkyl halides is 1. The van der Waals surface area contributed by atoms with Gasteiger partial charge in [-0.15, -0.1) is 11.6 Å². The highest BCUT2D eigenvalue weighted by atomic mass is 35.5. The predicted octanol–water partition coefficient (Wildman–Crippen LogP) is 1.58. The summed E-state index contributed by atoms with van der Waals surface area (Å²) < 4.78 is 25.0. The van der Waals surface area contributed by atoms with E-state index >= 15 is 0 Å². The van der Waals surface area contributed by atoms with Gasteiger partial charge in [-0.1, -0.05) is 20.3 Å². The molecule has 0 saturated heterocycles. The van der Waals surface area contributed by atoms with E-state index in [9.17, 15) is 8.42 Å². The van der Waals surface area contributed by atoms with Gasteiger partial charge in [0.05, 0.1) is 5.75 Å². The van der Waals surface area contributed by atoms with Crippen molar-refractivity contribution in [3.8, 4) is 0 Å². The molecule has 0 amide bonds. The summed E-state index contributed by atoms with van der Waals surface area (Å²) in [5.74, 6) is 0.896. The van der Waals surface area contributed by atoms with Gasteiger partial charge in [0.25, 0.3) is 0 Å². The van der Waals surface area contributed by atoms with E-state index in [1.54, 1.807) is 0 Å². The molecule has 0 rings (SSSR count). The van der Waals surface area contributed by atoms with Crippen LogP contribution in [0.4, 0.5) is 0 Å². The number of hydrogen-bond donors (Lipinski definition) is 1. The minimum absolute atomic E-state index is 0.193. The third-order valence-corrected chi connectivity index (χ3v) is 3.64. The van der Waals surface area contributed by atoms with Gasteiger partial charge < -0.3 is 0 Å². The molecule has 0 aliphatic rings. The Morgan fingerprint density at radius 3 is 2.54 bits per heavy atom. The summed E-state index contributed by atoms with van der Waals surface area (Å²) in [5, 5.41) is 0. The molecule has 5 heteroatoms. The maximum Gasteiger partial charge on any atom is 0.211 e. The fourth-order valence-corrected chi connectivity index (χ4v) is 2.19. The summed E-state index contributed by atoms with van der Waals surface area (Å²) in [7, 11) is -3.06. The first kappa shape index (κ1) is 13.2. The van der Waals surface area contributed by atoms with Crippen LogP contribution in [0.3, 0.4) is 0 Å². The number of hydrogen-bond acceptors (Lipinski definition) is 2. The van der Waals surface area contributed by atoms with E-state index in [1.807, 2.05) is 13.8 Å². The lowest BCUT2D eigenvalue weighted by Crippen LogP contribution is -2.30. The Balaban J connectivity index is 3.76. The van der Waals surface area contributed by atoms with Gasteiger partial charge in [0.15, 0.2) is 0 Å². The van der Waals surface area contributed by atoms with Crippen LogP contribution in [0.5, 0.6) is 0 Å². The third-order valence-electron chi connectivity index (χ3n) is 1.68. The Labute approximate surface area is 85.9 Å². The van der Waals surface area contributed by atoms with Crippen molar-refractivity contribution in [1.29, 1.82) is 0 Å². The highest BCUT2D eigenvalue weighted by molar-refractivity contribution is 7.89. The Kier molecular flexibility index (Phi) is 6.73. The SMILES string of the molecule is CCCCS(=O)(=O)NCC(C)CCl. The van der Waals surface area contributed by atoms with Gasteiger partial charge in [0.1, 0.15) is 0 Å². The normalized spacial score (nSPS) is 14.4. The molecule has 0 aromatic rings. The number of nitrogens with one attached hydrogen (secondary N) is 1. The molecule has 0 bridgehead atoms. The number of unbranched alkanes of at least 4 members (excludes halogenated alkanes) is 1. The molecular weight excluding hydrogens is 210 g/mol. The van der Waals surface area contributed by atoms with Gasteiger partial charge in [-0.2, -0.15) is 0 Å². The van der Waals surface area contributed by atoms with Crippen molar-refractivity contribution in [2.75, 3.05) is 18.2 Å². The zero-order chi connectivity index (χ0) is 10.3. The summed E-state index contributed by atoms with van der Waals surface area (Å²) in [4.78, 5) is 0. The largest absolute Gasteiger partial charge is 0.215 e. The molecule has 13 heavy (non-hydrogen) atoms. The first-order valence-corrected chi connectivity index (χ1v) is 6.73. The molecule has 0 heterocycles. The van der Waals surface area contributed by atoms with Crippen LogP contribution in [-0.4, -0.2) is 26.6 Å². The number of sulfonamides is 1. The molecule has 1 atom stereocenters. The lowest BCUT2D eigenvalue weighted by Gasteiger charge is -2.09. The molecule has 0 aliphatic heterocycles. The zero-order valence-corrected chi connectivity index (χ0v) is 9.79. The van der Waals surface area contributed by atoms with Crippen LogP contribution in [0.25, 0.3) is 0 Å². The molecule has 0 spiro atoms. The molecule has 0 radical (unpaired) electrons. The van der Waals surface area contributed by atoms with Crippen molar-refractivity contribution in [2.45, 2.75) is 26.7 Å². The Bertz CT molecular complexity index is 216. The predicted molar refractivity (Wildman–Crippen MR) is 56.6 cm³/mol. The lowest BCUT2D eigenvalue weighted by atomic mass is 10.2. The van der Waals surface area contributed by atoms with Gasteiger partial charge in [-0.25, -0.2) is 13.1 Å². The average Bonchev–Trinajstić information content (AvgIpc) is 2.11. The molecule has 0 aromatic carbocycles. The summed E-state index contributed by atoms with van der Waals surface area (Å²) in [5.41, 5.74) is 0. The van der Waals surface area contributed by atoms with Gasteiger partial charge >= 0.3 is 0 Å². The standard InChI is InChI=1S/C8H18ClNO2S/c1-3-4-5-13(11,12)10-7-8(2)6-9/h8,10H,3-7H2,1-2H3. The van der Waals surface area contributed by atoms with Crippen LogP contribution in [0, 0.1) is 5.92 Å². The van der Waals surface area contributed by atoms with E-state index in [2.05, 4.69) is 4.72 Å². The second kappa shape index (κ2) is 6.62. The van der Waals surface area contributed by atoms with Crippen LogP contribution in [-0.2, 0) is 10.0 Å². The molecule has 0 aliphatic carbocycles. The van der Waals surface area contributed by atoms with Crippen LogP contribution in [0.2, 0.25) is 0 Å². The lowest BCUT2D eigenvalue weighted by molar-refractivity contribution is 0.559. The Hall–Kier alpha value is 0.200. The Morgan fingerprint density at radius 1 is 1.46 bits per heavy atom.